The van der Waals surface area contributed by atoms with Crippen LogP contribution in [0.2, 0.25) is 0 Å². The van der Waals surface area contributed by atoms with E-state index in [1.54, 1.807) is 11.4 Å². The van der Waals surface area contributed by atoms with Gasteiger partial charge in [-0.3, -0.25) is 0 Å². The number of sulfone groups is 1. The van der Waals surface area contributed by atoms with Crippen molar-refractivity contribution in [3.8, 4) is 0 Å². The minimum atomic E-state index is -3.00. The fraction of sp³-hybridized carbons (Fsp3) is 0.429. The van der Waals surface area contributed by atoms with Crippen molar-refractivity contribution in [3.05, 3.63) is 17.0 Å². The van der Waals surface area contributed by atoms with Gasteiger partial charge in [-0.15, -0.1) is 22.9 Å². The normalized spacial score (nSPS) is 26.6. The van der Waals surface area contributed by atoms with Gasteiger partial charge >= 0.3 is 0 Å². The summed E-state index contributed by atoms with van der Waals surface area (Å²) in [5, 5.41) is 1.66. The summed E-state index contributed by atoms with van der Waals surface area (Å²) in [5.41, 5.74) is 0.785. The maximum absolute atomic E-state index is 11.4. The fourth-order valence-electron chi connectivity index (χ4n) is 1.30. The van der Waals surface area contributed by atoms with Gasteiger partial charge in [0.25, 0.3) is 0 Å². The lowest BCUT2D eigenvalue weighted by Crippen LogP contribution is -2.15. The smallest absolute Gasteiger partial charge is 0.188 e. The number of alkyl halides is 1. The number of thiophene rings is 1. The molecule has 1 aromatic heterocycles. The second-order valence-electron chi connectivity index (χ2n) is 2.74. The molecule has 0 radical (unpaired) electrons. The molecule has 1 aliphatic rings. The Morgan fingerprint density at radius 2 is 2.33 bits per heavy atom. The number of halogens is 1. The molecule has 0 saturated carbocycles. The highest BCUT2D eigenvalue weighted by Gasteiger charge is 2.30. The van der Waals surface area contributed by atoms with Gasteiger partial charge in [0.2, 0.25) is 0 Å². The minimum absolute atomic E-state index is 0.116. The van der Waals surface area contributed by atoms with Crippen molar-refractivity contribution >= 4 is 32.8 Å². The summed E-state index contributed by atoms with van der Waals surface area (Å²) >= 11 is 7.22. The molecule has 0 bridgehead atoms. The summed E-state index contributed by atoms with van der Waals surface area (Å²) in [6.45, 7) is 0. The second kappa shape index (κ2) is 2.72. The van der Waals surface area contributed by atoms with Crippen LogP contribution in [0.3, 0.4) is 0 Å². The summed E-state index contributed by atoms with van der Waals surface area (Å²) in [6, 6.07) is 1.80. The standard InChI is InChI=1S/C7H7ClO2S2/c8-6-2-4-12(9,10)7-5(6)1-3-11-7/h1,3,6H,2,4H2. The van der Waals surface area contributed by atoms with Gasteiger partial charge in [0, 0.05) is 0 Å². The van der Waals surface area contributed by atoms with E-state index in [4.69, 9.17) is 11.6 Å². The molecule has 66 valence electrons. The van der Waals surface area contributed by atoms with Gasteiger partial charge in [-0.1, -0.05) is 0 Å². The molecule has 12 heavy (non-hydrogen) atoms. The Hall–Kier alpha value is -0.0600. The molecular formula is C7H7ClO2S2. The van der Waals surface area contributed by atoms with Gasteiger partial charge < -0.3 is 0 Å². The molecule has 1 unspecified atom stereocenters. The average molecular weight is 223 g/mol. The van der Waals surface area contributed by atoms with E-state index < -0.39 is 9.84 Å². The monoisotopic (exact) mass is 222 g/mol. The molecule has 0 amide bonds. The highest BCUT2D eigenvalue weighted by Crippen LogP contribution is 2.39. The van der Waals surface area contributed by atoms with E-state index in [-0.39, 0.29) is 11.1 Å². The third-order valence-electron chi connectivity index (χ3n) is 1.92. The third kappa shape index (κ3) is 1.18. The SMILES string of the molecule is O=S1(=O)CCC(Cl)c2ccsc21. The predicted octanol–water partition coefficient (Wildman–Crippen LogP) is 2.21. The quantitative estimate of drug-likeness (QED) is 0.631. The van der Waals surface area contributed by atoms with Crippen LogP contribution in [0.15, 0.2) is 15.7 Å². The Bertz CT molecular complexity index is 393. The average Bonchev–Trinajstić information content (AvgIpc) is 2.46. The van der Waals surface area contributed by atoms with Crippen LogP contribution in [0.5, 0.6) is 0 Å². The first-order chi connectivity index (χ1) is 5.61. The van der Waals surface area contributed by atoms with Crippen LogP contribution >= 0.6 is 22.9 Å². The summed E-state index contributed by atoms with van der Waals surface area (Å²) in [6.07, 6.45) is 0.535. The molecule has 1 aliphatic heterocycles. The van der Waals surface area contributed by atoms with Crippen molar-refractivity contribution in [2.75, 3.05) is 5.75 Å². The largest absolute Gasteiger partial charge is 0.223 e. The van der Waals surface area contributed by atoms with E-state index in [1.165, 1.54) is 11.3 Å². The molecule has 5 heteroatoms. The zero-order valence-electron chi connectivity index (χ0n) is 6.16. The van der Waals surface area contributed by atoms with Crippen LogP contribution in [0, 0.1) is 0 Å². The second-order valence-corrected chi connectivity index (χ2v) is 6.49. The topological polar surface area (TPSA) is 34.1 Å². The first kappa shape index (κ1) is 8.53. The Balaban J connectivity index is 2.65. The lowest BCUT2D eigenvalue weighted by Gasteiger charge is -2.16. The molecule has 1 aromatic rings. The number of fused-ring (bicyclic) bond motifs is 1. The van der Waals surface area contributed by atoms with Gasteiger partial charge in [-0.05, 0) is 23.4 Å². The molecule has 0 spiro atoms. The van der Waals surface area contributed by atoms with Crippen LogP contribution < -0.4 is 0 Å². The van der Waals surface area contributed by atoms with Crippen molar-refractivity contribution < 1.29 is 8.42 Å². The van der Waals surface area contributed by atoms with Gasteiger partial charge in [-0.25, -0.2) is 8.42 Å². The van der Waals surface area contributed by atoms with E-state index in [9.17, 15) is 8.42 Å². The zero-order chi connectivity index (χ0) is 8.77. The molecule has 2 heterocycles. The summed E-state index contributed by atoms with van der Waals surface area (Å²) < 4.78 is 23.3. The van der Waals surface area contributed by atoms with E-state index in [1.807, 2.05) is 0 Å². The number of rotatable bonds is 0. The highest BCUT2D eigenvalue weighted by atomic mass is 35.5. The summed E-state index contributed by atoms with van der Waals surface area (Å²) in [4.78, 5) is 0. The predicted molar refractivity (Wildman–Crippen MR) is 49.6 cm³/mol. The molecular weight excluding hydrogens is 216 g/mol. The van der Waals surface area contributed by atoms with E-state index in [2.05, 4.69) is 0 Å². The minimum Gasteiger partial charge on any atom is -0.223 e. The van der Waals surface area contributed by atoms with Crippen LogP contribution in [0.25, 0.3) is 0 Å². The molecule has 0 aromatic carbocycles. The number of hydrogen-bond acceptors (Lipinski definition) is 3. The van der Waals surface area contributed by atoms with Gasteiger partial charge in [0.15, 0.2) is 9.84 Å². The first-order valence-corrected chi connectivity index (χ1v) is 6.52. The Labute approximate surface area is 80.1 Å². The molecule has 0 saturated heterocycles. The van der Waals surface area contributed by atoms with Crippen LogP contribution in [-0.2, 0) is 9.84 Å². The van der Waals surface area contributed by atoms with Crippen LogP contribution in [0.4, 0.5) is 0 Å². The molecule has 0 fully saturated rings. The van der Waals surface area contributed by atoms with E-state index >= 15 is 0 Å². The maximum Gasteiger partial charge on any atom is 0.188 e. The molecule has 0 aliphatic carbocycles. The Morgan fingerprint density at radius 3 is 3.00 bits per heavy atom. The highest BCUT2D eigenvalue weighted by molar-refractivity contribution is 7.93. The van der Waals surface area contributed by atoms with Crippen LogP contribution in [0.1, 0.15) is 17.4 Å². The summed E-state index contributed by atoms with van der Waals surface area (Å²) in [7, 11) is -3.00. The van der Waals surface area contributed by atoms with Crippen molar-refractivity contribution in [1.82, 2.24) is 0 Å². The lowest BCUT2D eigenvalue weighted by molar-refractivity contribution is 0.588. The molecule has 2 nitrogen and oxygen atoms in total. The van der Waals surface area contributed by atoms with Gasteiger partial charge in [0.1, 0.15) is 4.21 Å². The fourth-order valence-corrected chi connectivity index (χ4v) is 4.84. The molecule has 0 N–H and O–H groups in total. The van der Waals surface area contributed by atoms with Gasteiger partial charge in [0.05, 0.1) is 11.1 Å². The molecule has 2 rings (SSSR count). The lowest BCUT2D eigenvalue weighted by atomic mass is 10.2. The van der Waals surface area contributed by atoms with Crippen molar-refractivity contribution in [1.29, 1.82) is 0 Å². The maximum atomic E-state index is 11.4. The van der Waals surface area contributed by atoms with Crippen LogP contribution in [-0.4, -0.2) is 14.2 Å². The van der Waals surface area contributed by atoms with Crippen molar-refractivity contribution in [2.24, 2.45) is 0 Å². The Morgan fingerprint density at radius 1 is 1.58 bits per heavy atom. The van der Waals surface area contributed by atoms with E-state index in [0.717, 1.165) is 5.56 Å². The van der Waals surface area contributed by atoms with Crippen molar-refractivity contribution in [2.45, 2.75) is 16.0 Å². The molecule has 1 atom stereocenters. The summed E-state index contributed by atoms with van der Waals surface area (Å²) in [5.74, 6) is 0.189. The van der Waals surface area contributed by atoms with Gasteiger partial charge in [-0.2, -0.15) is 0 Å². The Kier molecular flexibility index (Phi) is 1.93. The van der Waals surface area contributed by atoms with E-state index in [0.29, 0.717) is 10.6 Å². The first-order valence-electron chi connectivity index (χ1n) is 3.55. The third-order valence-corrected chi connectivity index (χ3v) is 5.72. The van der Waals surface area contributed by atoms with Crippen molar-refractivity contribution in [3.63, 3.8) is 0 Å². The zero-order valence-corrected chi connectivity index (χ0v) is 8.55. The number of hydrogen-bond donors (Lipinski definition) is 0.